The number of aromatic nitrogens is 2. The van der Waals surface area contributed by atoms with Crippen molar-refractivity contribution in [3.8, 4) is 11.8 Å². The predicted octanol–water partition coefficient (Wildman–Crippen LogP) is 3.06. The summed E-state index contributed by atoms with van der Waals surface area (Å²) in [6, 6.07) is 10.3. The second kappa shape index (κ2) is 6.56. The highest BCUT2D eigenvalue weighted by molar-refractivity contribution is 5.94. The van der Waals surface area contributed by atoms with Crippen molar-refractivity contribution in [1.82, 2.24) is 14.9 Å². The van der Waals surface area contributed by atoms with E-state index in [1.165, 1.54) is 0 Å². The first-order valence-corrected chi connectivity index (χ1v) is 8.77. The lowest BCUT2D eigenvalue weighted by Crippen LogP contribution is -2.36. The van der Waals surface area contributed by atoms with Crippen molar-refractivity contribution in [3.63, 3.8) is 0 Å². The highest BCUT2D eigenvalue weighted by Gasteiger charge is 2.48. The van der Waals surface area contributed by atoms with E-state index >= 15 is 0 Å². The van der Waals surface area contributed by atoms with E-state index in [9.17, 15) is 4.79 Å². The third kappa shape index (κ3) is 2.85. The molecule has 126 valence electrons. The first-order chi connectivity index (χ1) is 12.3. The van der Waals surface area contributed by atoms with E-state index in [0.717, 1.165) is 36.9 Å². The summed E-state index contributed by atoms with van der Waals surface area (Å²) in [6.07, 6.45) is 6.64. The van der Waals surface area contributed by atoms with Crippen molar-refractivity contribution in [2.24, 2.45) is 0 Å². The summed E-state index contributed by atoms with van der Waals surface area (Å²) in [4.78, 5) is 25.2. The Bertz CT molecular complexity index is 822. The van der Waals surface area contributed by atoms with Crippen LogP contribution in [0, 0.1) is 11.8 Å². The molecule has 4 rings (SSSR count). The summed E-state index contributed by atoms with van der Waals surface area (Å²) in [5.41, 5.74) is 1.70. The van der Waals surface area contributed by atoms with Crippen LogP contribution in [0.1, 0.15) is 37.3 Å². The molecule has 1 aromatic heterocycles. The zero-order chi connectivity index (χ0) is 17.2. The molecule has 2 heterocycles. The van der Waals surface area contributed by atoms with Gasteiger partial charge in [-0.3, -0.25) is 4.90 Å². The zero-order valence-corrected chi connectivity index (χ0v) is 14.2. The number of anilines is 1. The first-order valence-electron chi connectivity index (χ1n) is 8.77. The second-order valence-electron chi connectivity index (χ2n) is 6.39. The highest BCUT2D eigenvalue weighted by Crippen LogP contribution is 2.36. The van der Waals surface area contributed by atoms with Crippen molar-refractivity contribution in [3.05, 3.63) is 53.9 Å². The smallest absolute Gasteiger partial charge is 0.319 e. The quantitative estimate of drug-likeness (QED) is 0.794. The molecule has 0 N–H and O–H groups in total. The molecular formula is C20H20N4O. The number of benzene rings is 1. The number of carbonyl (C=O) groups is 1. The number of nitrogens with zero attached hydrogens (tertiary/aromatic N) is 4. The molecule has 0 radical (unpaired) electrons. The molecule has 2 atom stereocenters. The molecule has 1 aromatic carbocycles. The SMILES string of the molecule is CCN1C(=O)N(c2ncc(C#Cc3ccccc3)cn2)C2CCCC21. The monoisotopic (exact) mass is 332 g/mol. The fourth-order valence-corrected chi connectivity index (χ4v) is 3.79. The van der Waals surface area contributed by atoms with Gasteiger partial charge in [0.05, 0.1) is 17.6 Å². The van der Waals surface area contributed by atoms with Gasteiger partial charge in [0.2, 0.25) is 5.95 Å². The van der Waals surface area contributed by atoms with Crippen LogP contribution in [0.15, 0.2) is 42.7 Å². The lowest BCUT2D eigenvalue weighted by molar-refractivity contribution is 0.207. The Kier molecular flexibility index (Phi) is 4.10. The Morgan fingerprint density at radius 3 is 2.44 bits per heavy atom. The van der Waals surface area contributed by atoms with Crippen LogP contribution in [0.5, 0.6) is 0 Å². The van der Waals surface area contributed by atoms with Gasteiger partial charge in [-0.05, 0) is 38.3 Å². The summed E-state index contributed by atoms with van der Waals surface area (Å²) in [6.45, 7) is 2.76. The normalized spacial score (nSPS) is 21.9. The first kappa shape index (κ1) is 15.6. The number of fused-ring (bicyclic) bond motifs is 1. The van der Waals surface area contributed by atoms with Crippen molar-refractivity contribution in [2.45, 2.75) is 38.3 Å². The van der Waals surface area contributed by atoms with Crippen LogP contribution in [0.2, 0.25) is 0 Å². The van der Waals surface area contributed by atoms with Crippen LogP contribution < -0.4 is 4.90 Å². The van der Waals surface area contributed by atoms with Crippen molar-refractivity contribution >= 4 is 12.0 Å². The molecule has 1 saturated carbocycles. The summed E-state index contributed by atoms with van der Waals surface area (Å²) in [5, 5.41) is 0. The van der Waals surface area contributed by atoms with Crippen LogP contribution in [0.3, 0.4) is 0 Å². The molecule has 1 aliphatic heterocycles. The average Bonchev–Trinajstić information content (AvgIpc) is 3.21. The molecule has 2 amide bonds. The van der Waals surface area contributed by atoms with Gasteiger partial charge in [-0.15, -0.1) is 0 Å². The third-order valence-corrected chi connectivity index (χ3v) is 4.95. The Labute approximate surface area is 147 Å². The van der Waals surface area contributed by atoms with Crippen LogP contribution in [-0.4, -0.2) is 39.5 Å². The maximum atomic E-state index is 12.7. The van der Waals surface area contributed by atoms with Crippen molar-refractivity contribution in [1.29, 1.82) is 0 Å². The molecule has 2 aromatic rings. The van der Waals surface area contributed by atoms with Gasteiger partial charge >= 0.3 is 6.03 Å². The molecule has 2 aliphatic rings. The summed E-state index contributed by atoms with van der Waals surface area (Å²) >= 11 is 0. The number of amides is 2. The number of carbonyl (C=O) groups excluding carboxylic acids is 1. The molecule has 0 bridgehead atoms. The van der Waals surface area contributed by atoms with Crippen molar-refractivity contribution in [2.75, 3.05) is 11.4 Å². The topological polar surface area (TPSA) is 49.3 Å². The third-order valence-electron chi connectivity index (χ3n) is 4.95. The second-order valence-corrected chi connectivity index (χ2v) is 6.39. The van der Waals surface area contributed by atoms with E-state index in [-0.39, 0.29) is 12.1 Å². The van der Waals surface area contributed by atoms with E-state index in [1.807, 2.05) is 42.2 Å². The molecule has 1 saturated heterocycles. The number of likely N-dealkylation sites (N-methyl/N-ethyl adjacent to an activating group) is 1. The number of rotatable bonds is 2. The molecule has 25 heavy (non-hydrogen) atoms. The van der Waals surface area contributed by atoms with Gasteiger partial charge in [0.1, 0.15) is 0 Å². The van der Waals surface area contributed by atoms with E-state index in [0.29, 0.717) is 12.0 Å². The average molecular weight is 332 g/mol. The van der Waals surface area contributed by atoms with E-state index in [2.05, 4.69) is 21.8 Å². The number of hydrogen-bond acceptors (Lipinski definition) is 3. The molecule has 5 heteroatoms. The summed E-state index contributed by atoms with van der Waals surface area (Å²) in [5.74, 6) is 6.65. The lowest BCUT2D eigenvalue weighted by Gasteiger charge is -2.19. The Morgan fingerprint density at radius 2 is 1.72 bits per heavy atom. The van der Waals surface area contributed by atoms with E-state index in [4.69, 9.17) is 0 Å². The van der Waals surface area contributed by atoms with Gasteiger partial charge in [-0.1, -0.05) is 30.0 Å². The number of urea groups is 1. The minimum Gasteiger partial charge on any atom is -0.319 e. The molecule has 2 fully saturated rings. The molecule has 1 aliphatic carbocycles. The zero-order valence-electron chi connectivity index (χ0n) is 14.2. The fraction of sp³-hybridized carbons (Fsp3) is 0.350. The summed E-state index contributed by atoms with van der Waals surface area (Å²) < 4.78 is 0. The molecule has 0 spiro atoms. The van der Waals surface area contributed by atoms with Gasteiger partial charge < -0.3 is 4.90 Å². The van der Waals surface area contributed by atoms with E-state index in [1.54, 1.807) is 17.3 Å². The minimum absolute atomic E-state index is 0.0281. The molecule has 5 nitrogen and oxygen atoms in total. The highest BCUT2D eigenvalue weighted by atomic mass is 16.2. The Balaban J connectivity index is 1.56. The van der Waals surface area contributed by atoms with Gasteiger partial charge in [-0.25, -0.2) is 14.8 Å². The van der Waals surface area contributed by atoms with Crippen LogP contribution in [0.25, 0.3) is 0 Å². The van der Waals surface area contributed by atoms with Gasteiger partial charge in [0, 0.05) is 24.5 Å². The van der Waals surface area contributed by atoms with E-state index < -0.39 is 0 Å². The Morgan fingerprint density at radius 1 is 1.04 bits per heavy atom. The van der Waals surface area contributed by atoms with Gasteiger partial charge in [0.25, 0.3) is 0 Å². The van der Waals surface area contributed by atoms with Crippen LogP contribution in [-0.2, 0) is 0 Å². The maximum absolute atomic E-state index is 12.7. The number of hydrogen-bond donors (Lipinski definition) is 0. The predicted molar refractivity (Wildman–Crippen MR) is 96.1 cm³/mol. The Hall–Kier alpha value is -2.87. The van der Waals surface area contributed by atoms with Crippen LogP contribution >= 0.6 is 0 Å². The van der Waals surface area contributed by atoms with Gasteiger partial charge in [-0.2, -0.15) is 0 Å². The van der Waals surface area contributed by atoms with Crippen molar-refractivity contribution < 1.29 is 4.79 Å². The standard InChI is InChI=1S/C20H20N4O/c1-2-23-17-9-6-10-18(17)24(20(23)25)19-21-13-16(14-22-19)12-11-15-7-4-3-5-8-15/h3-5,7-8,13-14,17-18H,2,6,9-10H2,1H3. The lowest BCUT2D eigenvalue weighted by atomic mass is 10.2. The van der Waals surface area contributed by atoms with Crippen LogP contribution in [0.4, 0.5) is 10.7 Å². The maximum Gasteiger partial charge on any atom is 0.327 e. The molecular weight excluding hydrogens is 312 g/mol. The fourth-order valence-electron chi connectivity index (χ4n) is 3.79. The summed E-state index contributed by atoms with van der Waals surface area (Å²) in [7, 11) is 0. The minimum atomic E-state index is 0.0281. The molecule has 2 unspecified atom stereocenters. The van der Waals surface area contributed by atoms with Gasteiger partial charge in [0.15, 0.2) is 0 Å². The largest absolute Gasteiger partial charge is 0.327 e.